The van der Waals surface area contributed by atoms with E-state index in [1.165, 1.54) is 36.8 Å². The van der Waals surface area contributed by atoms with Crippen LogP contribution in [0.3, 0.4) is 0 Å². The van der Waals surface area contributed by atoms with Crippen LogP contribution < -0.4 is 5.32 Å². The van der Waals surface area contributed by atoms with Crippen molar-refractivity contribution in [3.63, 3.8) is 0 Å². The third-order valence-corrected chi connectivity index (χ3v) is 5.39. The predicted molar refractivity (Wildman–Crippen MR) is 87.6 cm³/mol. The van der Waals surface area contributed by atoms with Gasteiger partial charge in [0.15, 0.2) is 0 Å². The number of ether oxygens (including phenoxy) is 1. The Morgan fingerprint density at radius 2 is 1.81 bits per heavy atom. The quantitative estimate of drug-likeness (QED) is 0.888. The Kier molecular flexibility index (Phi) is 4.66. The first kappa shape index (κ1) is 15.1. The highest BCUT2D eigenvalue weighted by molar-refractivity contribution is 5.36. The van der Waals surface area contributed by atoms with Gasteiger partial charge in [0.05, 0.1) is 18.2 Å². The summed E-state index contributed by atoms with van der Waals surface area (Å²) in [5.74, 6) is 1.42. The molecule has 0 amide bonds. The average molecular weight is 287 g/mol. The molecule has 2 nitrogen and oxygen atoms in total. The number of hydrogen-bond donors (Lipinski definition) is 1. The van der Waals surface area contributed by atoms with Crippen molar-refractivity contribution >= 4 is 0 Å². The summed E-state index contributed by atoms with van der Waals surface area (Å²) < 4.78 is 6.57. The number of likely N-dealkylation sites (N-methyl/N-ethyl adjacent to an activating group) is 1. The SMILES string of the molecule is CNC1c2ccccc2C(C)CC1OC1CCCC(C)C1. The summed E-state index contributed by atoms with van der Waals surface area (Å²) in [5, 5.41) is 3.51. The Labute approximate surface area is 129 Å². The van der Waals surface area contributed by atoms with Crippen molar-refractivity contribution < 1.29 is 4.74 Å². The number of rotatable bonds is 3. The summed E-state index contributed by atoms with van der Waals surface area (Å²) in [4.78, 5) is 0. The maximum atomic E-state index is 6.57. The molecule has 0 heterocycles. The Bertz CT molecular complexity index is 472. The number of nitrogens with one attached hydrogen (secondary N) is 1. The second-order valence-electron chi connectivity index (χ2n) is 7.10. The van der Waals surface area contributed by atoms with Crippen molar-refractivity contribution in [3.8, 4) is 0 Å². The topological polar surface area (TPSA) is 21.3 Å². The summed E-state index contributed by atoms with van der Waals surface area (Å²) in [7, 11) is 2.07. The van der Waals surface area contributed by atoms with Gasteiger partial charge in [0.25, 0.3) is 0 Å². The van der Waals surface area contributed by atoms with Crippen molar-refractivity contribution in [2.75, 3.05) is 7.05 Å². The van der Waals surface area contributed by atoms with Crippen molar-refractivity contribution in [1.29, 1.82) is 0 Å². The molecule has 1 N–H and O–H groups in total. The lowest BCUT2D eigenvalue weighted by molar-refractivity contribution is -0.0632. The molecule has 2 aliphatic carbocycles. The molecule has 116 valence electrons. The molecule has 0 saturated heterocycles. The van der Waals surface area contributed by atoms with Crippen LogP contribution in [0.4, 0.5) is 0 Å². The fourth-order valence-corrected chi connectivity index (χ4v) is 4.28. The van der Waals surface area contributed by atoms with Gasteiger partial charge in [-0.15, -0.1) is 0 Å². The molecular formula is C19H29NO. The van der Waals surface area contributed by atoms with Crippen LogP contribution in [-0.2, 0) is 4.74 Å². The van der Waals surface area contributed by atoms with Crippen LogP contribution in [0.15, 0.2) is 24.3 Å². The third-order valence-electron chi connectivity index (χ3n) is 5.39. The van der Waals surface area contributed by atoms with E-state index in [0.717, 1.165) is 12.3 Å². The van der Waals surface area contributed by atoms with E-state index in [9.17, 15) is 0 Å². The molecule has 1 saturated carbocycles. The molecule has 0 aliphatic heterocycles. The number of benzene rings is 1. The standard InChI is InChI=1S/C19H29NO/c1-13-7-6-8-15(11-13)21-18-12-14(2)16-9-4-5-10-17(16)19(18)20-3/h4-5,9-10,13-15,18-20H,6-8,11-12H2,1-3H3. The van der Waals surface area contributed by atoms with Gasteiger partial charge >= 0.3 is 0 Å². The van der Waals surface area contributed by atoms with E-state index in [1.54, 1.807) is 0 Å². The number of hydrogen-bond acceptors (Lipinski definition) is 2. The molecule has 1 aromatic carbocycles. The highest BCUT2D eigenvalue weighted by Gasteiger charge is 2.35. The van der Waals surface area contributed by atoms with Gasteiger partial charge in [-0.25, -0.2) is 0 Å². The molecule has 1 aromatic rings. The Morgan fingerprint density at radius 1 is 1.05 bits per heavy atom. The highest BCUT2D eigenvalue weighted by atomic mass is 16.5. The van der Waals surface area contributed by atoms with Crippen LogP contribution in [0, 0.1) is 5.92 Å². The molecule has 2 aliphatic rings. The summed E-state index contributed by atoms with van der Waals surface area (Å²) in [6.07, 6.45) is 7.10. The zero-order valence-corrected chi connectivity index (χ0v) is 13.6. The van der Waals surface area contributed by atoms with E-state index in [0.29, 0.717) is 24.2 Å². The van der Waals surface area contributed by atoms with Crippen LogP contribution in [0.1, 0.15) is 69.0 Å². The Balaban J connectivity index is 1.76. The molecule has 0 bridgehead atoms. The minimum Gasteiger partial charge on any atom is -0.373 e. The van der Waals surface area contributed by atoms with Crippen molar-refractivity contribution in [1.82, 2.24) is 5.32 Å². The van der Waals surface area contributed by atoms with Crippen LogP contribution >= 0.6 is 0 Å². The largest absolute Gasteiger partial charge is 0.373 e. The van der Waals surface area contributed by atoms with Gasteiger partial charge in [-0.2, -0.15) is 0 Å². The monoisotopic (exact) mass is 287 g/mol. The molecule has 21 heavy (non-hydrogen) atoms. The Morgan fingerprint density at radius 3 is 2.52 bits per heavy atom. The van der Waals surface area contributed by atoms with E-state index in [4.69, 9.17) is 4.74 Å². The van der Waals surface area contributed by atoms with Gasteiger partial charge in [0.2, 0.25) is 0 Å². The normalized spacial score (nSPS) is 36.2. The van der Waals surface area contributed by atoms with Crippen LogP contribution in [0.25, 0.3) is 0 Å². The average Bonchev–Trinajstić information content (AvgIpc) is 2.48. The van der Waals surface area contributed by atoms with Gasteiger partial charge in [-0.1, -0.05) is 51.0 Å². The zero-order valence-electron chi connectivity index (χ0n) is 13.6. The molecule has 5 unspecified atom stereocenters. The van der Waals surface area contributed by atoms with E-state index in [1.807, 2.05) is 0 Å². The van der Waals surface area contributed by atoms with Gasteiger partial charge < -0.3 is 10.1 Å². The van der Waals surface area contributed by atoms with E-state index in [2.05, 4.69) is 50.5 Å². The van der Waals surface area contributed by atoms with Gasteiger partial charge in [0.1, 0.15) is 0 Å². The van der Waals surface area contributed by atoms with Gasteiger partial charge in [0, 0.05) is 0 Å². The molecule has 0 radical (unpaired) electrons. The summed E-state index contributed by atoms with van der Waals surface area (Å²) in [6.45, 7) is 4.70. The lowest BCUT2D eigenvalue weighted by Crippen LogP contribution is -2.40. The second kappa shape index (κ2) is 6.50. The lowest BCUT2D eigenvalue weighted by atomic mass is 9.79. The third kappa shape index (κ3) is 3.17. The molecule has 2 heteroatoms. The van der Waals surface area contributed by atoms with E-state index in [-0.39, 0.29) is 0 Å². The van der Waals surface area contributed by atoms with Gasteiger partial charge in [-0.3, -0.25) is 0 Å². The molecule has 0 spiro atoms. The Hall–Kier alpha value is -0.860. The van der Waals surface area contributed by atoms with Crippen LogP contribution in [0.2, 0.25) is 0 Å². The maximum Gasteiger partial charge on any atom is 0.0779 e. The highest BCUT2D eigenvalue weighted by Crippen LogP contribution is 2.40. The molecule has 0 aromatic heterocycles. The molecule has 1 fully saturated rings. The smallest absolute Gasteiger partial charge is 0.0779 e. The van der Waals surface area contributed by atoms with Gasteiger partial charge in [-0.05, 0) is 49.3 Å². The van der Waals surface area contributed by atoms with Crippen molar-refractivity contribution in [2.45, 2.75) is 70.1 Å². The maximum absolute atomic E-state index is 6.57. The minimum atomic E-state index is 0.315. The first-order chi connectivity index (χ1) is 10.2. The zero-order chi connectivity index (χ0) is 14.8. The summed E-state index contributed by atoms with van der Waals surface area (Å²) in [6, 6.07) is 9.21. The molecular weight excluding hydrogens is 258 g/mol. The van der Waals surface area contributed by atoms with Crippen LogP contribution in [0.5, 0.6) is 0 Å². The number of fused-ring (bicyclic) bond motifs is 1. The predicted octanol–water partition coefficient (Wildman–Crippen LogP) is 4.42. The first-order valence-corrected chi connectivity index (χ1v) is 8.60. The van der Waals surface area contributed by atoms with Crippen molar-refractivity contribution in [3.05, 3.63) is 35.4 Å². The van der Waals surface area contributed by atoms with Crippen molar-refractivity contribution in [2.24, 2.45) is 5.92 Å². The second-order valence-corrected chi connectivity index (χ2v) is 7.10. The van der Waals surface area contributed by atoms with Crippen LogP contribution in [-0.4, -0.2) is 19.3 Å². The van der Waals surface area contributed by atoms with E-state index < -0.39 is 0 Å². The first-order valence-electron chi connectivity index (χ1n) is 8.60. The van der Waals surface area contributed by atoms with E-state index >= 15 is 0 Å². The lowest BCUT2D eigenvalue weighted by Gasteiger charge is -2.40. The minimum absolute atomic E-state index is 0.315. The fourth-order valence-electron chi connectivity index (χ4n) is 4.28. The molecule has 5 atom stereocenters. The summed E-state index contributed by atoms with van der Waals surface area (Å²) >= 11 is 0. The summed E-state index contributed by atoms with van der Waals surface area (Å²) in [5.41, 5.74) is 2.93. The fraction of sp³-hybridized carbons (Fsp3) is 0.684. The molecule has 3 rings (SSSR count).